The number of nitrogens with zero attached hydrogens (tertiary/aromatic N) is 3. The Kier molecular flexibility index (Phi) is 4.93. The molecule has 3 N–H and O–H groups in total. The molecule has 0 spiro atoms. The van der Waals surface area contributed by atoms with Crippen molar-refractivity contribution in [2.45, 2.75) is 39.2 Å². The molecular weight excluding hydrogens is 242 g/mol. The predicted octanol–water partition coefficient (Wildman–Crippen LogP) is 1.33. The second-order valence-corrected chi connectivity index (χ2v) is 4.70. The first-order valence-electron chi connectivity index (χ1n) is 6.97. The molecule has 1 aliphatic rings. The highest BCUT2D eigenvalue weighted by atomic mass is 16.5. The molecule has 0 amide bonds. The lowest BCUT2D eigenvalue weighted by Crippen LogP contribution is -2.33. The Hall–Kier alpha value is -1.40. The third kappa shape index (κ3) is 3.13. The number of nitrogens with two attached hydrogens (primary N) is 1. The normalized spacial score (nSPS) is 18.6. The Bertz CT molecular complexity index is 406. The Morgan fingerprint density at radius 2 is 2.32 bits per heavy atom. The summed E-state index contributed by atoms with van der Waals surface area (Å²) in [6.07, 6.45) is 5.00. The van der Waals surface area contributed by atoms with Gasteiger partial charge in [-0.05, 0) is 26.2 Å². The van der Waals surface area contributed by atoms with Gasteiger partial charge in [0.15, 0.2) is 0 Å². The van der Waals surface area contributed by atoms with Crippen LogP contribution in [-0.2, 0) is 11.2 Å². The number of nitrogens with one attached hydrogen (secondary N) is 1. The first-order valence-corrected chi connectivity index (χ1v) is 6.97. The smallest absolute Gasteiger partial charge is 0.148 e. The molecule has 1 aromatic heterocycles. The number of aromatic nitrogens is 2. The first kappa shape index (κ1) is 14.0. The van der Waals surface area contributed by atoms with Crippen molar-refractivity contribution in [3.05, 3.63) is 11.9 Å². The quantitative estimate of drug-likeness (QED) is 0.597. The molecule has 1 aromatic rings. The Morgan fingerprint density at radius 1 is 1.47 bits per heavy atom. The van der Waals surface area contributed by atoms with E-state index < -0.39 is 0 Å². The van der Waals surface area contributed by atoms with E-state index in [9.17, 15) is 0 Å². The third-order valence-corrected chi connectivity index (χ3v) is 3.54. The average molecular weight is 265 g/mol. The maximum Gasteiger partial charge on any atom is 0.148 e. The molecule has 0 aliphatic carbocycles. The number of anilines is 2. The largest absolute Gasteiger partial charge is 0.376 e. The Balaban J connectivity index is 2.21. The molecule has 0 aromatic carbocycles. The number of hydrazine groups is 1. The van der Waals surface area contributed by atoms with Crippen molar-refractivity contribution in [3.8, 4) is 0 Å². The van der Waals surface area contributed by atoms with Crippen molar-refractivity contribution in [2.24, 2.45) is 5.84 Å². The number of rotatable bonds is 6. The predicted molar refractivity (Wildman–Crippen MR) is 76.1 cm³/mol. The minimum Gasteiger partial charge on any atom is -0.376 e. The van der Waals surface area contributed by atoms with E-state index in [-0.39, 0.29) is 0 Å². The molecule has 19 heavy (non-hydrogen) atoms. The third-order valence-electron chi connectivity index (χ3n) is 3.54. The van der Waals surface area contributed by atoms with Crippen LogP contribution in [0, 0.1) is 0 Å². The van der Waals surface area contributed by atoms with E-state index in [0.29, 0.717) is 11.9 Å². The molecule has 0 radical (unpaired) electrons. The van der Waals surface area contributed by atoms with Gasteiger partial charge in [0.05, 0.1) is 6.10 Å². The maximum absolute atomic E-state index is 5.71. The Morgan fingerprint density at radius 3 is 2.89 bits per heavy atom. The Labute approximate surface area is 114 Å². The minimum absolute atomic E-state index is 0.314. The molecule has 1 fully saturated rings. The summed E-state index contributed by atoms with van der Waals surface area (Å²) in [5, 5.41) is 0. The molecular formula is C13H23N5O. The molecule has 106 valence electrons. The van der Waals surface area contributed by atoms with E-state index >= 15 is 0 Å². The lowest BCUT2D eigenvalue weighted by Gasteiger charge is -2.27. The van der Waals surface area contributed by atoms with Crippen molar-refractivity contribution in [1.82, 2.24) is 9.97 Å². The summed E-state index contributed by atoms with van der Waals surface area (Å²) in [6, 6.07) is 0. The van der Waals surface area contributed by atoms with Crippen LogP contribution >= 0.6 is 0 Å². The van der Waals surface area contributed by atoms with Crippen LogP contribution in [0.5, 0.6) is 0 Å². The molecule has 6 heteroatoms. The van der Waals surface area contributed by atoms with Crippen LogP contribution < -0.4 is 16.2 Å². The maximum atomic E-state index is 5.71. The van der Waals surface area contributed by atoms with Crippen molar-refractivity contribution in [2.75, 3.05) is 30.0 Å². The van der Waals surface area contributed by atoms with Gasteiger partial charge in [-0.15, -0.1) is 0 Å². The van der Waals surface area contributed by atoms with Crippen molar-refractivity contribution in [3.63, 3.8) is 0 Å². The van der Waals surface area contributed by atoms with Crippen molar-refractivity contribution in [1.29, 1.82) is 0 Å². The van der Waals surface area contributed by atoms with E-state index in [4.69, 9.17) is 10.6 Å². The van der Waals surface area contributed by atoms with E-state index in [0.717, 1.165) is 50.3 Å². The van der Waals surface area contributed by atoms with Crippen LogP contribution in [0.25, 0.3) is 0 Å². The zero-order valence-electron chi connectivity index (χ0n) is 11.7. The zero-order valence-corrected chi connectivity index (χ0v) is 11.7. The number of hydrogen-bond donors (Lipinski definition) is 2. The van der Waals surface area contributed by atoms with Gasteiger partial charge in [0.1, 0.15) is 18.0 Å². The summed E-state index contributed by atoms with van der Waals surface area (Å²) in [5.41, 5.74) is 3.71. The van der Waals surface area contributed by atoms with Crippen molar-refractivity contribution < 1.29 is 4.74 Å². The SMILES string of the molecule is CCc1c(NN)ncnc1N(CC)CC1CCCO1. The average Bonchev–Trinajstić information content (AvgIpc) is 2.96. The fraction of sp³-hybridized carbons (Fsp3) is 0.692. The second-order valence-electron chi connectivity index (χ2n) is 4.70. The van der Waals surface area contributed by atoms with E-state index in [1.807, 2.05) is 0 Å². The van der Waals surface area contributed by atoms with Gasteiger partial charge in [-0.25, -0.2) is 15.8 Å². The minimum atomic E-state index is 0.314. The van der Waals surface area contributed by atoms with Gasteiger partial charge < -0.3 is 15.1 Å². The molecule has 1 atom stereocenters. The summed E-state index contributed by atoms with van der Waals surface area (Å²) >= 11 is 0. The number of ether oxygens (including phenoxy) is 1. The number of nitrogen functional groups attached to an aromatic ring is 1. The summed E-state index contributed by atoms with van der Waals surface area (Å²) < 4.78 is 5.71. The second kappa shape index (κ2) is 6.68. The number of hydrogen-bond acceptors (Lipinski definition) is 6. The molecule has 2 rings (SSSR count). The standard InChI is InChI=1S/C13H23N5O/c1-3-11-12(17-14)15-9-16-13(11)18(4-2)8-10-6-5-7-19-10/h9-10H,3-8,14H2,1-2H3,(H,15,16,17). The van der Waals surface area contributed by atoms with Crippen LogP contribution in [0.3, 0.4) is 0 Å². The highest BCUT2D eigenvalue weighted by molar-refractivity contribution is 5.58. The first-order chi connectivity index (χ1) is 9.30. The highest BCUT2D eigenvalue weighted by Crippen LogP contribution is 2.25. The van der Waals surface area contributed by atoms with Crippen LogP contribution in [-0.4, -0.2) is 35.8 Å². The monoisotopic (exact) mass is 265 g/mol. The molecule has 0 saturated carbocycles. The van der Waals surface area contributed by atoms with Gasteiger partial charge in [-0.2, -0.15) is 0 Å². The van der Waals surface area contributed by atoms with Gasteiger partial charge in [0.25, 0.3) is 0 Å². The summed E-state index contributed by atoms with van der Waals surface area (Å²) in [6.45, 7) is 6.87. The lowest BCUT2D eigenvalue weighted by molar-refractivity contribution is 0.115. The van der Waals surface area contributed by atoms with Gasteiger partial charge in [-0.3, -0.25) is 0 Å². The molecule has 1 unspecified atom stereocenters. The zero-order chi connectivity index (χ0) is 13.7. The molecule has 6 nitrogen and oxygen atoms in total. The fourth-order valence-electron chi connectivity index (χ4n) is 2.52. The molecule has 1 saturated heterocycles. The molecule has 2 heterocycles. The topological polar surface area (TPSA) is 76.3 Å². The van der Waals surface area contributed by atoms with E-state index in [2.05, 4.69) is 34.1 Å². The van der Waals surface area contributed by atoms with E-state index in [1.54, 1.807) is 6.33 Å². The van der Waals surface area contributed by atoms with Gasteiger partial charge in [-0.1, -0.05) is 6.92 Å². The molecule has 0 bridgehead atoms. The van der Waals surface area contributed by atoms with E-state index in [1.165, 1.54) is 0 Å². The van der Waals surface area contributed by atoms with Crippen molar-refractivity contribution >= 4 is 11.6 Å². The summed E-state index contributed by atoms with van der Waals surface area (Å²) in [5.74, 6) is 7.19. The van der Waals surface area contributed by atoms with Crippen LogP contribution in [0.1, 0.15) is 32.3 Å². The summed E-state index contributed by atoms with van der Waals surface area (Å²) in [7, 11) is 0. The van der Waals surface area contributed by atoms with Gasteiger partial charge >= 0.3 is 0 Å². The lowest BCUT2D eigenvalue weighted by atomic mass is 10.1. The van der Waals surface area contributed by atoms with Crippen LogP contribution in [0.4, 0.5) is 11.6 Å². The van der Waals surface area contributed by atoms with Gasteiger partial charge in [0.2, 0.25) is 0 Å². The highest BCUT2D eigenvalue weighted by Gasteiger charge is 2.21. The summed E-state index contributed by atoms with van der Waals surface area (Å²) in [4.78, 5) is 10.9. The van der Waals surface area contributed by atoms with Crippen LogP contribution in [0.2, 0.25) is 0 Å². The number of likely N-dealkylation sites (N-methyl/N-ethyl adjacent to an activating group) is 1. The molecule has 1 aliphatic heterocycles. The fourth-order valence-corrected chi connectivity index (χ4v) is 2.52. The van der Waals surface area contributed by atoms with Gasteiger partial charge in [0, 0.05) is 25.3 Å². The van der Waals surface area contributed by atoms with Crippen LogP contribution in [0.15, 0.2) is 6.33 Å².